The average molecular weight is 319 g/mol. The van der Waals surface area contributed by atoms with Gasteiger partial charge in [-0.15, -0.1) is 0 Å². The van der Waals surface area contributed by atoms with Crippen molar-refractivity contribution in [2.24, 2.45) is 0 Å². The van der Waals surface area contributed by atoms with E-state index in [4.69, 9.17) is 0 Å². The summed E-state index contributed by atoms with van der Waals surface area (Å²) in [4.78, 5) is 29.4. The summed E-state index contributed by atoms with van der Waals surface area (Å²) in [6.07, 6.45) is 8.19. The predicted octanol–water partition coefficient (Wildman–Crippen LogP) is 2.07. The quantitative estimate of drug-likeness (QED) is 0.632. The molecule has 1 aliphatic rings. The summed E-state index contributed by atoms with van der Waals surface area (Å²) in [5.74, 6) is -0.402. The maximum atomic E-state index is 12.2. The number of hydrogen-bond acceptors (Lipinski definition) is 4. The van der Waals surface area contributed by atoms with E-state index in [2.05, 4.69) is 35.1 Å². The first-order chi connectivity index (χ1) is 10.8. The summed E-state index contributed by atoms with van der Waals surface area (Å²) >= 11 is 0. The van der Waals surface area contributed by atoms with Crippen LogP contribution in [0.3, 0.4) is 0 Å². The summed E-state index contributed by atoms with van der Waals surface area (Å²) in [7, 11) is 1.29. The first kappa shape index (κ1) is 17.2. The normalized spacial score (nSPS) is 19.1. The molecule has 6 nitrogen and oxygen atoms in total. The Kier molecular flexibility index (Phi) is 5.23. The molecule has 0 saturated carbocycles. The van der Waals surface area contributed by atoms with Gasteiger partial charge < -0.3 is 14.2 Å². The highest BCUT2D eigenvalue weighted by atomic mass is 16.5. The molecule has 0 spiro atoms. The van der Waals surface area contributed by atoms with E-state index in [-0.39, 0.29) is 17.4 Å². The molecule has 126 valence electrons. The molecular formula is C17H25N3O3. The van der Waals surface area contributed by atoms with Crippen LogP contribution < -0.4 is 0 Å². The Morgan fingerprint density at radius 1 is 1.35 bits per heavy atom. The number of piperidine rings is 1. The second-order valence-corrected chi connectivity index (χ2v) is 6.84. The molecule has 0 radical (unpaired) electrons. The highest BCUT2D eigenvalue weighted by Gasteiger charge is 2.28. The van der Waals surface area contributed by atoms with Crippen LogP contribution >= 0.6 is 0 Å². The number of hydrogen-bond donors (Lipinski definition) is 0. The van der Waals surface area contributed by atoms with Crippen molar-refractivity contribution in [3.05, 3.63) is 30.4 Å². The third-order valence-electron chi connectivity index (χ3n) is 4.10. The van der Waals surface area contributed by atoms with Gasteiger partial charge >= 0.3 is 5.97 Å². The van der Waals surface area contributed by atoms with Gasteiger partial charge in [-0.25, -0.2) is 9.78 Å². The molecule has 1 aromatic rings. The number of aromatic nitrogens is 2. The first-order valence-corrected chi connectivity index (χ1v) is 7.90. The van der Waals surface area contributed by atoms with Crippen LogP contribution in [0.5, 0.6) is 0 Å². The lowest BCUT2D eigenvalue weighted by atomic mass is 9.93. The number of carbonyl (C=O) groups excluding carboxylic acids is 2. The van der Waals surface area contributed by atoms with Gasteiger partial charge in [-0.3, -0.25) is 4.79 Å². The highest BCUT2D eigenvalue weighted by Crippen LogP contribution is 2.30. The molecule has 1 fully saturated rings. The number of rotatable bonds is 3. The molecule has 2 rings (SSSR count). The van der Waals surface area contributed by atoms with Gasteiger partial charge in [0.1, 0.15) is 0 Å². The minimum Gasteiger partial charge on any atom is -0.466 e. The van der Waals surface area contributed by atoms with Crippen LogP contribution in [0, 0.1) is 0 Å². The maximum Gasteiger partial charge on any atom is 0.330 e. The van der Waals surface area contributed by atoms with E-state index in [1.54, 1.807) is 4.90 Å². The summed E-state index contributed by atoms with van der Waals surface area (Å²) in [5.41, 5.74) is 1.12. The minimum atomic E-state index is -0.516. The van der Waals surface area contributed by atoms with Crippen LogP contribution in [0.4, 0.5) is 0 Å². The Morgan fingerprint density at radius 2 is 2.09 bits per heavy atom. The molecule has 0 aliphatic carbocycles. The monoisotopic (exact) mass is 319 g/mol. The predicted molar refractivity (Wildman–Crippen MR) is 86.9 cm³/mol. The summed E-state index contributed by atoms with van der Waals surface area (Å²) in [6.45, 7) is 7.78. The van der Waals surface area contributed by atoms with Crippen LogP contribution in [0.1, 0.15) is 45.2 Å². The summed E-state index contributed by atoms with van der Waals surface area (Å²) in [5, 5.41) is 0. The van der Waals surface area contributed by atoms with Crippen LogP contribution in [-0.4, -0.2) is 46.5 Å². The van der Waals surface area contributed by atoms with Gasteiger partial charge in [0.05, 0.1) is 13.4 Å². The van der Waals surface area contributed by atoms with E-state index in [0.717, 1.165) is 18.5 Å². The Hall–Kier alpha value is -2.11. The van der Waals surface area contributed by atoms with E-state index in [0.29, 0.717) is 13.1 Å². The third-order valence-corrected chi connectivity index (χ3v) is 4.10. The van der Waals surface area contributed by atoms with Crippen molar-refractivity contribution < 1.29 is 14.3 Å². The largest absolute Gasteiger partial charge is 0.466 e. The zero-order valence-electron chi connectivity index (χ0n) is 14.3. The number of carbonyl (C=O) groups is 2. The lowest BCUT2D eigenvalue weighted by Gasteiger charge is -2.34. The number of nitrogens with zero attached hydrogens (tertiary/aromatic N) is 3. The van der Waals surface area contributed by atoms with E-state index < -0.39 is 5.97 Å². The molecule has 0 bridgehead atoms. The molecule has 23 heavy (non-hydrogen) atoms. The average Bonchev–Trinajstić information content (AvgIpc) is 3.02. The molecule has 1 atom stereocenters. The zero-order valence-corrected chi connectivity index (χ0v) is 14.3. The molecular weight excluding hydrogens is 294 g/mol. The molecule has 0 aromatic carbocycles. The lowest BCUT2D eigenvalue weighted by molar-refractivity contribution is -0.135. The van der Waals surface area contributed by atoms with Gasteiger partial charge in [0, 0.05) is 48.6 Å². The maximum absolute atomic E-state index is 12.2. The Bertz CT molecular complexity index is 598. The van der Waals surface area contributed by atoms with Crippen molar-refractivity contribution in [2.75, 3.05) is 20.2 Å². The molecule has 1 amide bonds. The standard InChI is InChI=1S/C17H25N3O3/c1-17(2,3)20-12-18-10-14(20)13-6-5-9-19(11-13)15(21)7-8-16(22)23-4/h7-8,10,12-13H,5-6,9,11H2,1-4H3/b8-7+. The van der Waals surface area contributed by atoms with Gasteiger partial charge in [0.25, 0.3) is 0 Å². The second-order valence-electron chi connectivity index (χ2n) is 6.84. The van der Waals surface area contributed by atoms with Crippen LogP contribution in [0.2, 0.25) is 0 Å². The van der Waals surface area contributed by atoms with Crippen molar-refractivity contribution in [3.8, 4) is 0 Å². The molecule has 2 heterocycles. The van der Waals surface area contributed by atoms with Gasteiger partial charge in [-0.05, 0) is 33.6 Å². The number of likely N-dealkylation sites (tertiary alicyclic amines) is 1. The SMILES string of the molecule is COC(=O)/C=C/C(=O)N1CCCC(c2cncn2C(C)(C)C)C1. The third kappa shape index (κ3) is 4.21. The van der Waals surface area contributed by atoms with Gasteiger partial charge in [-0.2, -0.15) is 0 Å². The molecule has 1 aliphatic heterocycles. The Morgan fingerprint density at radius 3 is 2.74 bits per heavy atom. The van der Waals surface area contributed by atoms with Crippen molar-refractivity contribution >= 4 is 11.9 Å². The van der Waals surface area contributed by atoms with Crippen molar-refractivity contribution in [3.63, 3.8) is 0 Å². The van der Waals surface area contributed by atoms with Gasteiger partial charge in [0.2, 0.25) is 5.91 Å². The van der Waals surface area contributed by atoms with Crippen LogP contribution in [0.15, 0.2) is 24.7 Å². The number of ether oxygens (including phenoxy) is 1. The lowest BCUT2D eigenvalue weighted by Crippen LogP contribution is -2.39. The fourth-order valence-electron chi connectivity index (χ4n) is 2.90. The zero-order chi connectivity index (χ0) is 17.0. The summed E-state index contributed by atoms with van der Waals surface area (Å²) in [6, 6.07) is 0. The van der Waals surface area contributed by atoms with E-state index in [1.165, 1.54) is 19.3 Å². The number of esters is 1. The molecule has 1 unspecified atom stereocenters. The Labute approximate surface area is 137 Å². The smallest absolute Gasteiger partial charge is 0.330 e. The van der Waals surface area contributed by atoms with Crippen molar-refractivity contribution in [2.45, 2.75) is 45.1 Å². The fourth-order valence-corrected chi connectivity index (χ4v) is 2.90. The number of amides is 1. The van der Waals surface area contributed by atoms with Gasteiger partial charge in [0.15, 0.2) is 0 Å². The first-order valence-electron chi connectivity index (χ1n) is 7.90. The molecule has 0 N–H and O–H groups in total. The Balaban J connectivity index is 2.10. The molecule has 6 heteroatoms. The topological polar surface area (TPSA) is 64.4 Å². The number of imidazole rings is 1. The molecule has 1 saturated heterocycles. The van der Waals surface area contributed by atoms with Crippen LogP contribution in [0.25, 0.3) is 0 Å². The minimum absolute atomic E-state index is 0.0388. The second kappa shape index (κ2) is 6.98. The highest BCUT2D eigenvalue weighted by molar-refractivity contribution is 5.94. The van der Waals surface area contributed by atoms with Crippen molar-refractivity contribution in [1.82, 2.24) is 14.5 Å². The molecule has 1 aromatic heterocycles. The fraction of sp³-hybridized carbons (Fsp3) is 0.588. The van der Waals surface area contributed by atoms with Crippen molar-refractivity contribution in [1.29, 1.82) is 0 Å². The van der Waals surface area contributed by atoms with Crippen LogP contribution in [-0.2, 0) is 19.9 Å². The summed E-state index contributed by atoms with van der Waals surface area (Å²) < 4.78 is 6.69. The van der Waals surface area contributed by atoms with E-state index in [9.17, 15) is 9.59 Å². The number of methoxy groups -OCH3 is 1. The van der Waals surface area contributed by atoms with E-state index in [1.807, 2.05) is 12.5 Å². The van der Waals surface area contributed by atoms with E-state index >= 15 is 0 Å². The van der Waals surface area contributed by atoms with Gasteiger partial charge in [-0.1, -0.05) is 0 Å².